The lowest BCUT2D eigenvalue weighted by Crippen LogP contribution is -2.30. The van der Waals surface area contributed by atoms with Crippen LogP contribution in [0.25, 0.3) is 0 Å². The Bertz CT molecular complexity index is 1110. The molecule has 3 rings (SSSR count). The van der Waals surface area contributed by atoms with Gasteiger partial charge in [-0.1, -0.05) is 0 Å². The summed E-state index contributed by atoms with van der Waals surface area (Å²) in [7, 11) is 0. The van der Waals surface area contributed by atoms with Crippen LogP contribution in [0.1, 0.15) is 27.8 Å². The number of nitrogens with zero attached hydrogens (tertiary/aromatic N) is 1. The monoisotopic (exact) mass is 529 g/mol. The molecule has 0 atom stereocenters. The fourth-order valence-corrected chi connectivity index (χ4v) is 3.34. The maximum atomic E-state index is 13.1. The van der Waals surface area contributed by atoms with Crippen LogP contribution in [0.3, 0.4) is 0 Å². The topological polar surface area (TPSA) is 70.7 Å². The molecule has 1 saturated heterocycles. The van der Waals surface area contributed by atoms with Crippen LogP contribution in [0.5, 0.6) is 0 Å². The van der Waals surface area contributed by atoms with Crippen LogP contribution in [0, 0.1) is 0 Å². The fourth-order valence-electron chi connectivity index (χ4n) is 3.34. The van der Waals surface area contributed by atoms with Gasteiger partial charge in [-0.15, -0.1) is 0 Å². The third-order valence-corrected chi connectivity index (χ3v) is 4.99. The molecule has 0 saturated carbocycles. The molecule has 0 bridgehead atoms. The number of carbonyl (C=O) groups is 2. The molecule has 0 aliphatic carbocycles. The zero-order chi connectivity index (χ0) is 26.9. The van der Waals surface area contributed by atoms with Gasteiger partial charge in [0.2, 0.25) is 0 Å². The number of ether oxygens (including phenoxy) is 1. The van der Waals surface area contributed by atoms with Gasteiger partial charge in [-0.05, 0) is 47.5 Å². The first-order valence-electron chi connectivity index (χ1n) is 10.00. The summed E-state index contributed by atoms with van der Waals surface area (Å²) in [6.07, 6.45) is -16.3. The minimum Gasteiger partial charge on any atom is -0.445 e. The summed E-state index contributed by atoms with van der Waals surface area (Å²) in [5.74, 6) is 0. The molecule has 0 radical (unpaired) electrons. The smallest absolute Gasteiger partial charge is 0.416 e. The lowest BCUT2D eigenvalue weighted by Gasteiger charge is -2.20. The first-order chi connectivity index (χ1) is 16.6. The maximum Gasteiger partial charge on any atom is 0.416 e. The van der Waals surface area contributed by atoms with Crippen molar-refractivity contribution in [2.75, 3.05) is 18.0 Å². The summed E-state index contributed by atoms with van der Waals surface area (Å²) in [5, 5.41) is 4.55. The molecule has 2 aromatic carbocycles. The molecule has 1 aliphatic rings. The molecule has 3 amide bonds. The van der Waals surface area contributed by atoms with Gasteiger partial charge in [-0.25, -0.2) is 9.59 Å². The van der Waals surface area contributed by atoms with E-state index in [2.05, 4.69) is 15.4 Å². The van der Waals surface area contributed by atoms with E-state index in [4.69, 9.17) is 0 Å². The van der Waals surface area contributed by atoms with E-state index in [1.807, 2.05) is 0 Å². The molecule has 36 heavy (non-hydrogen) atoms. The third-order valence-electron chi connectivity index (χ3n) is 4.99. The standard InChI is InChI=1S/C21H16F9N3O3/c22-19(23,24)13-1-2-16(33-4-3-31-17(33)34)12(7-13)9-32-18(35)36-10-11-5-14(20(25,26)27)8-15(6-11)21(28,29)30/h1-2,5-8H,3-4,9-10H2,(H,31,34)(H,32,35). The third kappa shape index (κ3) is 6.51. The van der Waals surface area contributed by atoms with E-state index in [1.165, 1.54) is 0 Å². The van der Waals surface area contributed by atoms with Crippen molar-refractivity contribution < 1.29 is 53.8 Å². The van der Waals surface area contributed by atoms with Gasteiger partial charge >= 0.3 is 30.7 Å². The first-order valence-corrected chi connectivity index (χ1v) is 10.00. The largest absolute Gasteiger partial charge is 0.445 e. The number of benzene rings is 2. The number of anilines is 1. The second-order valence-electron chi connectivity index (χ2n) is 7.57. The summed E-state index contributed by atoms with van der Waals surface area (Å²) in [4.78, 5) is 25.1. The van der Waals surface area contributed by atoms with Gasteiger partial charge in [0.05, 0.1) is 22.4 Å². The Balaban J connectivity index is 1.75. The summed E-state index contributed by atoms with van der Waals surface area (Å²) >= 11 is 0. The highest BCUT2D eigenvalue weighted by molar-refractivity contribution is 5.94. The van der Waals surface area contributed by atoms with Crippen molar-refractivity contribution in [2.45, 2.75) is 31.7 Å². The molecule has 196 valence electrons. The van der Waals surface area contributed by atoms with E-state index < -0.39 is 66.1 Å². The molecule has 1 heterocycles. The van der Waals surface area contributed by atoms with Crippen molar-refractivity contribution in [1.82, 2.24) is 10.6 Å². The van der Waals surface area contributed by atoms with Crippen LogP contribution in [-0.4, -0.2) is 25.2 Å². The number of hydrogen-bond donors (Lipinski definition) is 2. The zero-order valence-corrected chi connectivity index (χ0v) is 17.9. The number of alkyl halides is 9. The van der Waals surface area contributed by atoms with Crippen molar-refractivity contribution in [1.29, 1.82) is 0 Å². The lowest BCUT2D eigenvalue weighted by molar-refractivity contribution is -0.143. The van der Waals surface area contributed by atoms with Crippen molar-refractivity contribution in [3.63, 3.8) is 0 Å². The second-order valence-corrected chi connectivity index (χ2v) is 7.57. The molecular formula is C21H16F9N3O3. The summed E-state index contributed by atoms with van der Waals surface area (Å²) in [6.45, 7) is -1.20. The van der Waals surface area contributed by atoms with E-state index in [9.17, 15) is 49.1 Å². The van der Waals surface area contributed by atoms with Gasteiger partial charge in [-0.3, -0.25) is 4.90 Å². The number of rotatable bonds is 5. The van der Waals surface area contributed by atoms with Gasteiger partial charge in [-0.2, -0.15) is 39.5 Å². The molecule has 15 heteroatoms. The number of carbonyl (C=O) groups excluding carboxylic acids is 2. The number of hydrogen-bond acceptors (Lipinski definition) is 3. The Morgan fingerprint density at radius 1 is 0.889 bits per heavy atom. The van der Waals surface area contributed by atoms with E-state index >= 15 is 0 Å². The Kier molecular flexibility index (Phi) is 7.32. The highest BCUT2D eigenvalue weighted by atomic mass is 19.4. The van der Waals surface area contributed by atoms with E-state index in [-0.39, 0.29) is 30.4 Å². The Labute approximate surface area is 197 Å². The van der Waals surface area contributed by atoms with Crippen LogP contribution >= 0.6 is 0 Å². The zero-order valence-electron chi connectivity index (χ0n) is 17.9. The Morgan fingerprint density at radius 2 is 1.47 bits per heavy atom. The number of urea groups is 1. The van der Waals surface area contributed by atoms with Gasteiger partial charge in [0, 0.05) is 19.6 Å². The van der Waals surface area contributed by atoms with Crippen LogP contribution in [0.2, 0.25) is 0 Å². The molecule has 0 unspecified atom stereocenters. The number of nitrogens with one attached hydrogen (secondary N) is 2. The van der Waals surface area contributed by atoms with Crippen LogP contribution < -0.4 is 15.5 Å². The predicted octanol–water partition coefficient (Wildman–Crippen LogP) is 5.70. The highest BCUT2D eigenvalue weighted by Gasteiger charge is 2.37. The fraction of sp³-hybridized carbons (Fsp3) is 0.333. The Hall–Kier alpha value is -3.65. The van der Waals surface area contributed by atoms with E-state index in [0.29, 0.717) is 18.2 Å². The summed E-state index contributed by atoms with van der Waals surface area (Å²) in [6, 6.07) is 2.56. The lowest BCUT2D eigenvalue weighted by atomic mass is 10.1. The quantitative estimate of drug-likeness (QED) is 0.489. The maximum absolute atomic E-state index is 13.1. The molecule has 0 spiro atoms. The molecule has 2 aromatic rings. The predicted molar refractivity (Wildman–Crippen MR) is 106 cm³/mol. The summed E-state index contributed by atoms with van der Waals surface area (Å²) in [5.41, 5.74) is -4.95. The van der Waals surface area contributed by atoms with Crippen LogP contribution in [0.15, 0.2) is 36.4 Å². The first kappa shape index (κ1) is 26.9. The number of amides is 3. The van der Waals surface area contributed by atoms with E-state index in [1.54, 1.807) is 0 Å². The van der Waals surface area contributed by atoms with Crippen LogP contribution in [0.4, 0.5) is 54.8 Å². The van der Waals surface area contributed by atoms with Gasteiger partial charge in [0.15, 0.2) is 0 Å². The van der Waals surface area contributed by atoms with Gasteiger partial charge < -0.3 is 15.4 Å². The number of alkyl carbamates (subject to hydrolysis) is 1. The summed E-state index contributed by atoms with van der Waals surface area (Å²) < 4.78 is 122. The average molecular weight is 529 g/mol. The van der Waals surface area contributed by atoms with Crippen LogP contribution in [-0.2, 0) is 36.4 Å². The van der Waals surface area contributed by atoms with Crippen molar-refractivity contribution in [3.05, 3.63) is 64.2 Å². The molecule has 1 fully saturated rings. The highest BCUT2D eigenvalue weighted by Crippen LogP contribution is 2.37. The molecule has 1 aliphatic heterocycles. The Morgan fingerprint density at radius 3 is 1.97 bits per heavy atom. The van der Waals surface area contributed by atoms with Crippen molar-refractivity contribution >= 4 is 17.8 Å². The van der Waals surface area contributed by atoms with Crippen molar-refractivity contribution in [2.24, 2.45) is 0 Å². The molecule has 0 aromatic heterocycles. The molecule has 6 nitrogen and oxygen atoms in total. The average Bonchev–Trinajstić information content (AvgIpc) is 3.19. The van der Waals surface area contributed by atoms with Crippen molar-refractivity contribution in [3.8, 4) is 0 Å². The SMILES string of the molecule is O=C(NCc1cc(C(F)(F)F)ccc1N1CCNC1=O)OCc1cc(C(F)(F)F)cc(C(F)(F)F)c1. The van der Waals surface area contributed by atoms with Gasteiger partial charge in [0.25, 0.3) is 0 Å². The minimum absolute atomic E-state index is 0.0611. The van der Waals surface area contributed by atoms with E-state index in [0.717, 1.165) is 17.0 Å². The molecular weight excluding hydrogens is 513 g/mol. The van der Waals surface area contributed by atoms with Gasteiger partial charge in [0.1, 0.15) is 6.61 Å². The normalized spacial score (nSPS) is 14.6. The minimum atomic E-state index is -5.10. The molecule has 2 N–H and O–H groups in total. The second kappa shape index (κ2) is 9.78. The number of halogens is 9.